The maximum atomic E-state index is 6.20. The molecule has 1 saturated heterocycles. The zero-order valence-electron chi connectivity index (χ0n) is 11.9. The Hall–Kier alpha value is -0.0800. The molecule has 18 heavy (non-hydrogen) atoms. The Kier molecular flexibility index (Phi) is 3.95. The third-order valence-electron chi connectivity index (χ3n) is 5.60. The van der Waals surface area contributed by atoms with Gasteiger partial charge in [0.15, 0.2) is 0 Å². The lowest BCUT2D eigenvalue weighted by Gasteiger charge is -2.43. The first kappa shape index (κ1) is 12.9. The van der Waals surface area contributed by atoms with E-state index < -0.39 is 0 Å². The molecule has 2 unspecified atom stereocenters. The van der Waals surface area contributed by atoms with E-state index in [1.54, 1.807) is 0 Å². The second-order valence-corrected chi connectivity index (χ2v) is 6.73. The zero-order chi connectivity index (χ0) is 12.4. The lowest BCUT2D eigenvalue weighted by Crippen LogP contribution is -2.47. The molecule has 2 saturated carbocycles. The van der Waals surface area contributed by atoms with Crippen LogP contribution in [0.3, 0.4) is 0 Å². The van der Waals surface area contributed by atoms with Gasteiger partial charge < -0.3 is 10.1 Å². The van der Waals surface area contributed by atoms with Gasteiger partial charge in [0.05, 0.1) is 6.10 Å². The summed E-state index contributed by atoms with van der Waals surface area (Å²) in [5, 5.41) is 3.66. The molecule has 1 aliphatic heterocycles. The van der Waals surface area contributed by atoms with Crippen LogP contribution in [-0.4, -0.2) is 25.8 Å². The van der Waals surface area contributed by atoms with Crippen LogP contribution in [0.25, 0.3) is 0 Å². The lowest BCUT2D eigenvalue weighted by molar-refractivity contribution is -0.0109. The van der Waals surface area contributed by atoms with Crippen molar-refractivity contribution in [2.24, 2.45) is 17.3 Å². The fourth-order valence-electron chi connectivity index (χ4n) is 4.49. The molecule has 3 aliphatic rings. The Bertz CT molecular complexity index is 270. The molecule has 0 aromatic rings. The van der Waals surface area contributed by atoms with Gasteiger partial charge in [-0.2, -0.15) is 0 Å². The Morgan fingerprint density at radius 1 is 1.11 bits per heavy atom. The van der Waals surface area contributed by atoms with E-state index in [-0.39, 0.29) is 0 Å². The molecular weight excluding hydrogens is 222 g/mol. The van der Waals surface area contributed by atoms with Crippen molar-refractivity contribution in [1.29, 1.82) is 0 Å². The van der Waals surface area contributed by atoms with Crippen LogP contribution in [0.15, 0.2) is 0 Å². The summed E-state index contributed by atoms with van der Waals surface area (Å²) < 4.78 is 6.20. The molecule has 104 valence electrons. The van der Waals surface area contributed by atoms with Crippen molar-refractivity contribution < 1.29 is 4.74 Å². The molecule has 3 rings (SSSR count). The van der Waals surface area contributed by atoms with E-state index in [0.29, 0.717) is 11.5 Å². The van der Waals surface area contributed by atoms with Gasteiger partial charge in [-0.3, -0.25) is 0 Å². The van der Waals surface area contributed by atoms with E-state index >= 15 is 0 Å². The molecule has 0 aromatic carbocycles. The predicted molar refractivity (Wildman–Crippen MR) is 74.6 cm³/mol. The van der Waals surface area contributed by atoms with E-state index in [1.807, 2.05) is 0 Å². The molecule has 2 aliphatic carbocycles. The van der Waals surface area contributed by atoms with Gasteiger partial charge in [-0.25, -0.2) is 0 Å². The summed E-state index contributed by atoms with van der Waals surface area (Å²) in [6.45, 7) is 5.56. The van der Waals surface area contributed by atoms with E-state index in [0.717, 1.165) is 25.0 Å². The highest BCUT2D eigenvalue weighted by Gasteiger charge is 2.54. The van der Waals surface area contributed by atoms with Crippen LogP contribution >= 0.6 is 0 Å². The SMILES string of the molecule is CCNCC1(C2CCCCC2)CCOC1C1CC1. The second kappa shape index (κ2) is 5.50. The van der Waals surface area contributed by atoms with Crippen molar-refractivity contribution in [3.8, 4) is 0 Å². The first-order chi connectivity index (χ1) is 8.87. The molecule has 0 aromatic heterocycles. The minimum atomic E-state index is 0.484. The second-order valence-electron chi connectivity index (χ2n) is 6.73. The normalized spacial score (nSPS) is 38.2. The summed E-state index contributed by atoms with van der Waals surface area (Å²) in [4.78, 5) is 0. The summed E-state index contributed by atoms with van der Waals surface area (Å²) in [7, 11) is 0. The highest BCUT2D eigenvalue weighted by atomic mass is 16.5. The van der Waals surface area contributed by atoms with Crippen molar-refractivity contribution in [2.75, 3.05) is 19.7 Å². The van der Waals surface area contributed by atoms with E-state index in [2.05, 4.69) is 12.2 Å². The van der Waals surface area contributed by atoms with Gasteiger partial charge in [0.2, 0.25) is 0 Å². The fourth-order valence-corrected chi connectivity index (χ4v) is 4.49. The van der Waals surface area contributed by atoms with Crippen LogP contribution in [0.2, 0.25) is 0 Å². The Morgan fingerprint density at radius 2 is 1.89 bits per heavy atom. The average Bonchev–Trinajstić information content (AvgIpc) is 3.18. The van der Waals surface area contributed by atoms with Crippen molar-refractivity contribution in [2.45, 2.75) is 64.4 Å². The van der Waals surface area contributed by atoms with Gasteiger partial charge in [-0.05, 0) is 50.5 Å². The highest BCUT2D eigenvalue weighted by molar-refractivity contribution is 5.04. The van der Waals surface area contributed by atoms with Gasteiger partial charge in [-0.1, -0.05) is 26.2 Å². The average molecular weight is 251 g/mol. The topological polar surface area (TPSA) is 21.3 Å². The zero-order valence-corrected chi connectivity index (χ0v) is 11.9. The Morgan fingerprint density at radius 3 is 2.56 bits per heavy atom. The molecule has 2 heteroatoms. The standard InChI is InChI=1S/C16H29NO/c1-2-17-12-16(14-6-4-3-5-7-14)10-11-18-15(16)13-8-9-13/h13-15,17H,2-12H2,1H3. The van der Waals surface area contributed by atoms with Crippen molar-refractivity contribution in [3.63, 3.8) is 0 Å². The molecule has 0 radical (unpaired) electrons. The van der Waals surface area contributed by atoms with Crippen LogP contribution in [0.4, 0.5) is 0 Å². The molecule has 0 bridgehead atoms. The summed E-state index contributed by atoms with van der Waals surface area (Å²) in [6.07, 6.45) is 12.0. The van der Waals surface area contributed by atoms with Crippen LogP contribution < -0.4 is 5.32 Å². The summed E-state index contributed by atoms with van der Waals surface area (Å²) in [5.74, 6) is 1.83. The van der Waals surface area contributed by atoms with Crippen LogP contribution in [0.5, 0.6) is 0 Å². The minimum Gasteiger partial charge on any atom is -0.377 e. The van der Waals surface area contributed by atoms with Gasteiger partial charge in [0.1, 0.15) is 0 Å². The highest BCUT2D eigenvalue weighted by Crippen LogP contribution is 2.54. The maximum absolute atomic E-state index is 6.20. The monoisotopic (exact) mass is 251 g/mol. The largest absolute Gasteiger partial charge is 0.377 e. The quantitative estimate of drug-likeness (QED) is 0.809. The molecular formula is C16H29NO. The molecule has 2 nitrogen and oxygen atoms in total. The summed E-state index contributed by atoms with van der Waals surface area (Å²) >= 11 is 0. The molecule has 1 heterocycles. The first-order valence-electron chi connectivity index (χ1n) is 8.19. The van der Waals surface area contributed by atoms with Gasteiger partial charge in [0.25, 0.3) is 0 Å². The maximum Gasteiger partial charge on any atom is 0.0675 e. The van der Waals surface area contributed by atoms with Gasteiger partial charge in [0, 0.05) is 18.6 Å². The molecule has 3 fully saturated rings. The summed E-state index contributed by atoms with van der Waals surface area (Å²) in [5.41, 5.74) is 0.484. The smallest absolute Gasteiger partial charge is 0.0675 e. The third-order valence-corrected chi connectivity index (χ3v) is 5.60. The molecule has 1 N–H and O–H groups in total. The van der Waals surface area contributed by atoms with Crippen LogP contribution in [0.1, 0.15) is 58.3 Å². The van der Waals surface area contributed by atoms with Crippen LogP contribution in [0, 0.1) is 17.3 Å². The van der Waals surface area contributed by atoms with Crippen molar-refractivity contribution >= 4 is 0 Å². The molecule has 0 amide bonds. The Labute approximate surface area is 112 Å². The van der Waals surface area contributed by atoms with E-state index in [1.165, 1.54) is 57.9 Å². The number of nitrogens with one attached hydrogen (secondary N) is 1. The third kappa shape index (κ3) is 2.34. The molecule has 0 spiro atoms. The number of hydrogen-bond donors (Lipinski definition) is 1. The number of ether oxygens (including phenoxy) is 1. The lowest BCUT2D eigenvalue weighted by atomic mass is 9.64. The predicted octanol–water partition coefficient (Wildman–Crippen LogP) is 3.36. The van der Waals surface area contributed by atoms with Crippen molar-refractivity contribution in [1.82, 2.24) is 5.32 Å². The van der Waals surface area contributed by atoms with Gasteiger partial charge >= 0.3 is 0 Å². The minimum absolute atomic E-state index is 0.484. The van der Waals surface area contributed by atoms with Gasteiger partial charge in [-0.15, -0.1) is 0 Å². The first-order valence-corrected chi connectivity index (χ1v) is 8.19. The Balaban J connectivity index is 1.77. The van der Waals surface area contributed by atoms with Crippen LogP contribution in [-0.2, 0) is 4.74 Å². The number of hydrogen-bond acceptors (Lipinski definition) is 2. The molecule has 2 atom stereocenters. The van der Waals surface area contributed by atoms with Crippen molar-refractivity contribution in [3.05, 3.63) is 0 Å². The summed E-state index contributed by atoms with van der Waals surface area (Å²) in [6, 6.07) is 0. The van der Waals surface area contributed by atoms with E-state index in [4.69, 9.17) is 4.74 Å². The fraction of sp³-hybridized carbons (Fsp3) is 1.00. The number of rotatable bonds is 5. The van der Waals surface area contributed by atoms with E-state index in [9.17, 15) is 0 Å².